The van der Waals surface area contributed by atoms with E-state index in [9.17, 15) is 9.90 Å². The molecule has 35 heavy (non-hydrogen) atoms. The molecule has 1 aliphatic carbocycles. The highest BCUT2D eigenvalue weighted by Crippen LogP contribution is 2.29. The molecule has 9 heteroatoms. The minimum atomic E-state index is -0.902. The Labute approximate surface area is 203 Å². The number of pyridine rings is 1. The van der Waals surface area contributed by atoms with Gasteiger partial charge in [-0.2, -0.15) is 0 Å². The van der Waals surface area contributed by atoms with Gasteiger partial charge in [0.1, 0.15) is 0 Å². The SMILES string of the molecule is Cc1cc(-c2cnc3c(NCC(C)(C)O)cc(Nc4cccnc4)nn23)ccc1C(=O)NC1CC1. The number of carbonyl (C=O) groups excluding carboxylic acids is 1. The second kappa shape index (κ2) is 8.99. The van der Waals surface area contributed by atoms with Crippen molar-refractivity contribution < 1.29 is 9.90 Å². The van der Waals surface area contributed by atoms with Gasteiger partial charge in [-0.25, -0.2) is 9.50 Å². The van der Waals surface area contributed by atoms with Gasteiger partial charge in [0.25, 0.3) is 5.91 Å². The van der Waals surface area contributed by atoms with Crippen molar-refractivity contribution in [3.05, 3.63) is 66.1 Å². The van der Waals surface area contributed by atoms with Crippen LogP contribution in [0.1, 0.15) is 42.6 Å². The van der Waals surface area contributed by atoms with Gasteiger partial charge in [0.15, 0.2) is 11.5 Å². The van der Waals surface area contributed by atoms with Gasteiger partial charge >= 0.3 is 0 Å². The third-order valence-corrected chi connectivity index (χ3v) is 5.79. The molecule has 0 saturated heterocycles. The summed E-state index contributed by atoms with van der Waals surface area (Å²) in [6.45, 7) is 5.76. The molecule has 1 aliphatic rings. The molecule has 5 rings (SSSR count). The molecule has 4 N–H and O–H groups in total. The van der Waals surface area contributed by atoms with Crippen LogP contribution in [0.25, 0.3) is 16.9 Å². The van der Waals surface area contributed by atoms with Crippen LogP contribution >= 0.6 is 0 Å². The van der Waals surface area contributed by atoms with Crippen molar-refractivity contribution >= 4 is 28.7 Å². The zero-order valence-corrected chi connectivity index (χ0v) is 20.0. The second-order valence-corrected chi connectivity index (χ2v) is 9.63. The van der Waals surface area contributed by atoms with Crippen LogP contribution in [-0.2, 0) is 0 Å². The summed E-state index contributed by atoms with van der Waals surface area (Å²) in [7, 11) is 0. The molecule has 180 valence electrons. The van der Waals surface area contributed by atoms with Crippen LogP contribution in [0, 0.1) is 6.92 Å². The molecule has 1 aromatic carbocycles. The fraction of sp³-hybridized carbons (Fsp3) is 0.308. The summed E-state index contributed by atoms with van der Waals surface area (Å²) in [4.78, 5) is 21.3. The molecule has 0 atom stereocenters. The molecule has 1 saturated carbocycles. The van der Waals surface area contributed by atoms with E-state index in [0.717, 1.165) is 41.0 Å². The predicted molar refractivity (Wildman–Crippen MR) is 136 cm³/mol. The van der Waals surface area contributed by atoms with Crippen molar-refractivity contribution in [2.45, 2.75) is 45.3 Å². The Hall–Kier alpha value is -3.98. The molecule has 0 spiro atoms. The maximum absolute atomic E-state index is 12.6. The van der Waals surface area contributed by atoms with Gasteiger partial charge in [-0.05, 0) is 63.4 Å². The van der Waals surface area contributed by atoms with Gasteiger partial charge in [-0.1, -0.05) is 6.07 Å². The van der Waals surface area contributed by atoms with Gasteiger partial charge in [-0.15, -0.1) is 5.10 Å². The van der Waals surface area contributed by atoms with E-state index in [0.29, 0.717) is 29.6 Å². The van der Waals surface area contributed by atoms with Crippen LogP contribution in [-0.4, -0.2) is 48.8 Å². The molecule has 3 heterocycles. The van der Waals surface area contributed by atoms with Crippen molar-refractivity contribution in [3.63, 3.8) is 0 Å². The molecule has 1 fully saturated rings. The quantitative estimate of drug-likeness (QED) is 0.308. The highest BCUT2D eigenvalue weighted by atomic mass is 16.3. The normalized spacial score (nSPS) is 13.6. The summed E-state index contributed by atoms with van der Waals surface area (Å²) in [6.07, 6.45) is 7.30. The Kier molecular flexibility index (Phi) is 5.86. The maximum Gasteiger partial charge on any atom is 0.251 e. The van der Waals surface area contributed by atoms with E-state index < -0.39 is 5.60 Å². The van der Waals surface area contributed by atoms with Crippen molar-refractivity contribution in [2.24, 2.45) is 0 Å². The lowest BCUT2D eigenvalue weighted by atomic mass is 10.0. The Morgan fingerprint density at radius 1 is 1.20 bits per heavy atom. The number of carbonyl (C=O) groups is 1. The fourth-order valence-electron chi connectivity index (χ4n) is 3.82. The fourth-order valence-corrected chi connectivity index (χ4v) is 3.82. The number of aryl methyl sites for hydroxylation is 1. The third kappa shape index (κ3) is 5.25. The third-order valence-electron chi connectivity index (χ3n) is 5.79. The van der Waals surface area contributed by atoms with Crippen molar-refractivity contribution in [1.82, 2.24) is 24.9 Å². The van der Waals surface area contributed by atoms with Crippen LogP contribution in [0.15, 0.2) is 55.0 Å². The van der Waals surface area contributed by atoms with E-state index in [1.807, 2.05) is 43.3 Å². The molecule has 0 unspecified atom stereocenters. The van der Waals surface area contributed by atoms with Crippen LogP contribution in [0.5, 0.6) is 0 Å². The Morgan fingerprint density at radius 3 is 2.71 bits per heavy atom. The largest absolute Gasteiger partial charge is 0.389 e. The van der Waals surface area contributed by atoms with E-state index in [4.69, 9.17) is 5.10 Å². The number of hydrogen-bond donors (Lipinski definition) is 4. The first kappa shape index (κ1) is 22.8. The average Bonchev–Trinajstić information content (AvgIpc) is 3.53. The number of amides is 1. The highest BCUT2D eigenvalue weighted by Gasteiger charge is 2.24. The number of aromatic nitrogens is 4. The Bertz CT molecular complexity index is 1370. The maximum atomic E-state index is 12.6. The van der Waals surface area contributed by atoms with Crippen molar-refractivity contribution in [3.8, 4) is 11.3 Å². The molecule has 4 aromatic rings. The lowest BCUT2D eigenvalue weighted by molar-refractivity contribution is 0.0940. The van der Waals surface area contributed by atoms with E-state index in [1.165, 1.54) is 0 Å². The van der Waals surface area contributed by atoms with Crippen molar-refractivity contribution in [2.75, 3.05) is 17.2 Å². The smallest absolute Gasteiger partial charge is 0.251 e. The lowest BCUT2D eigenvalue weighted by Gasteiger charge is -2.19. The number of imidazole rings is 1. The molecular formula is C26H29N7O2. The van der Waals surface area contributed by atoms with Crippen LogP contribution in [0.4, 0.5) is 17.2 Å². The molecule has 0 bridgehead atoms. The topological polar surface area (TPSA) is 116 Å². The number of nitrogens with one attached hydrogen (secondary N) is 3. The minimum Gasteiger partial charge on any atom is -0.389 e. The monoisotopic (exact) mass is 471 g/mol. The number of anilines is 3. The van der Waals surface area contributed by atoms with Gasteiger partial charge in [-0.3, -0.25) is 9.78 Å². The van der Waals surface area contributed by atoms with Gasteiger partial charge in [0, 0.05) is 36.0 Å². The molecule has 0 aliphatic heterocycles. The average molecular weight is 472 g/mol. The number of aliphatic hydroxyl groups is 1. The molecule has 0 radical (unpaired) electrons. The molecule has 1 amide bonds. The standard InChI is InChI=1S/C26H29N7O2/c1-16-11-17(6-9-20(16)25(34)31-18-7-8-18)22-14-28-24-21(29-15-26(2,3)35)12-23(32-33(22)24)30-19-5-4-10-27-13-19/h4-6,9-14,18,29,35H,7-8,15H2,1-3H3,(H,30,32)(H,31,34). The molecular weight excluding hydrogens is 442 g/mol. The van der Waals surface area contributed by atoms with Crippen LogP contribution in [0.2, 0.25) is 0 Å². The number of benzene rings is 1. The summed E-state index contributed by atoms with van der Waals surface area (Å²) < 4.78 is 1.77. The van der Waals surface area contributed by atoms with Crippen LogP contribution < -0.4 is 16.0 Å². The predicted octanol–water partition coefficient (Wildman–Crippen LogP) is 3.92. The number of hydrogen-bond acceptors (Lipinski definition) is 7. The number of fused-ring (bicyclic) bond motifs is 1. The zero-order valence-electron chi connectivity index (χ0n) is 20.0. The van der Waals surface area contributed by atoms with Gasteiger partial charge < -0.3 is 21.1 Å². The van der Waals surface area contributed by atoms with Gasteiger partial charge in [0.05, 0.1) is 35.1 Å². The second-order valence-electron chi connectivity index (χ2n) is 9.63. The summed E-state index contributed by atoms with van der Waals surface area (Å²) in [5, 5.41) is 24.6. The van der Waals surface area contributed by atoms with Crippen LogP contribution in [0.3, 0.4) is 0 Å². The van der Waals surface area contributed by atoms with Crippen molar-refractivity contribution in [1.29, 1.82) is 0 Å². The van der Waals surface area contributed by atoms with E-state index in [-0.39, 0.29) is 5.91 Å². The number of rotatable bonds is 8. The summed E-state index contributed by atoms with van der Waals surface area (Å²) in [5.74, 6) is 0.564. The molecule has 3 aromatic heterocycles. The first-order valence-corrected chi connectivity index (χ1v) is 11.7. The summed E-state index contributed by atoms with van der Waals surface area (Å²) in [6, 6.07) is 11.7. The first-order chi connectivity index (χ1) is 16.8. The Morgan fingerprint density at radius 2 is 2.03 bits per heavy atom. The first-order valence-electron chi connectivity index (χ1n) is 11.7. The van der Waals surface area contributed by atoms with E-state index in [2.05, 4.69) is 25.9 Å². The van der Waals surface area contributed by atoms with E-state index >= 15 is 0 Å². The lowest BCUT2D eigenvalue weighted by Crippen LogP contribution is -2.29. The van der Waals surface area contributed by atoms with Gasteiger partial charge in [0.2, 0.25) is 0 Å². The minimum absolute atomic E-state index is 0.0334. The Balaban J connectivity index is 1.53. The van der Waals surface area contributed by atoms with E-state index in [1.54, 1.807) is 37.0 Å². The zero-order chi connectivity index (χ0) is 24.6. The number of nitrogens with zero attached hydrogens (tertiary/aromatic N) is 4. The summed E-state index contributed by atoms with van der Waals surface area (Å²) >= 11 is 0. The molecule has 9 nitrogen and oxygen atoms in total. The highest BCUT2D eigenvalue weighted by molar-refractivity contribution is 5.96. The summed E-state index contributed by atoms with van der Waals surface area (Å²) in [5.41, 5.74) is 4.52.